The SMILES string of the molecule is CCc1nc(-c2ccc3c(c2)OCO3)sc1C(=O)O. The summed E-state index contributed by atoms with van der Waals surface area (Å²) < 4.78 is 10.6. The lowest BCUT2D eigenvalue weighted by Crippen LogP contribution is -1.97. The van der Waals surface area contributed by atoms with Gasteiger partial charge in [-0.05, 0) is 24.6 Å². The largest absolute Gasteiger partial charge is 0.477 e. The topological polar surface area (TPSA) is 68.7 Å². The van der Waals surface area contributed by atoms with Crippen LogP contribution in [0.15, 0.2) is 18.2 Å². The van der Waals surface area contributed by atoms with Gasteiger partial charge in [0.2, 0.25) is 6.79 Å². The number of carbonyl (C=O) groups is 1. The fourth-order valence-corrected chi connectivity index (χ4v) is 2.90. The molecule has 0 amide bonds. The summed E-state index contributed by atoms with van der Waals surface area (Å²) in [6, 6.07) is 5.49. The Hall–Kier alpha value is -2.08. The van der Waals surface area contributed by atoms with Crippen LogP contribution >= 0.6 is 11.3 Å². The highest BCUT2D eigenvalue weighted by atomic mass is 32.1. The van der Waals surface area contributed by atoms with Gasteiger partial charge in [-0.25, -0.2) is 9.78 Å². The van der Waals surface area contributed by atoms with E-state index < -0.39 is 5.97 Å². The molecule has 0 fully saturated rings. The van der Waals surface area contributed by atoms with Crippen molar-refractivity contribution in [3.05, 3.63) is 28.8 Å². The minimum Gasteiger partial charge on any atom is -0.477 e. The molecule has 0 unspecified atom stereocenters. The Kier molecular flexibility index (Phi) is 2.87. The van der Waals surface area contributed by atoms with Gasteiger partial charge in [0.05, 0.1) is 5.69 Å². The molecule has 2 aromatic rings. The van der Waals surface area contributed by atoms with Gasteiger partial charge in [0.15, 0.2) is 11.5 Å². The Morgan fingerprint density at radius 1 is 1.42 bits per heavy atom. The molecule has 0 spiro atoms. The van der Waals surface area contributed by atoms with Gasteiger partial charge in [0, 0.05) is 5.56 Å². The summed E-state index contributed by atoms with van der Waals surface area (Å²) in [4.78, 5) is 15.8. The van der Waals surface area contributed by atoms with Crippen LogP contribution in [0.3, 0.4) is 0 Å². The molecule has 0 atom stereocenters. The average Bonchev–Trinajstić information content (AvgIpc) is 3.04. The third kappa shape index (κ3) is 2.04. The highest BCUT2D eigenvalue weighted by Gasteiger charge is 2.19. The first-order valence-electron chi connectivity index (χ1n) is 5.82. The van der Waals surface area contributed by atoms with E-state index >= 15 is 0 Å². The number of carboxylic acids is 1. The molecule has 0 saturated carbocycles. The Labute approximate surface area is 113 Å². The minimum atomic E-state index is -0.929. The van der Waals surface area contributed by atoms with E-state index in [0.717, 1.165) is 5.56 Å². The Bertz CT molecular complexity index is 650. The molecule has 2 heterocycles. The van der Waals surface area contributed by atoms with E-state index in [9.17, 15) is 4.79 Å². The molecule has 19 heavy (non-hydrogen) atoms. The number of nitrogens with zero attached hydrogens (tertiary/aromatic N) is 1. The molecule has 1 aromatic heterocycles. The van der Waals surface area contributed by atoms with Crippen LogP contribution in [0.25, 0.3) is 10.6 Å². The highest BCUT2D eigenvalue weighted by Crippen LogP contribution is 2.37. The molecule has 1 aromatic carbocycles. The van der Waals surface area contributed by atoms with Gasteiger partial charge in [-0.15, -0.1) is 11.3 Å². The number of hydrogen-bond donors (Lipinski definition) is 1. The van der Waals surface area contributed by atoms with Crippen molar-refractivity contribution in [3.63, 3.8) is 0 Å². The monoisotopic (exact) mass is 277 g/mol. The highest BCUT2D eigenvalue weighted by molar-refractivity contribution is 7.17. The minimum absolute atomic E-state index is 0.219. The molecule has 0 saturated heterocycles. The van der Waals surface area contributed by atoms with E-state index in [0.29, 0.717) is 33.5 Å². The summed E-state index contributed by atoms with van der Waals surface area (Å²) in [7, 11) is 0. The predicted molar refractivity (Wildman–Crippen MR) is 70.0 cm³/mol. The number of rotatable bonds is 3. The first kappa shape index (κ1) is 12.0. The third-order valence-corrected chi connectivity index (χ3v) is 3.98. The number of aryl methyl sites for hydroxylation is 1. The van der Waals surface area contributed by atoms with E-state index in [-0.39, 0.29) is 6.79 Å². The summed E-state index contributed by atoms with van der Waals surface area (Å²) in [5.74, 6) is 0.443. The van der Waals surface area contributed by atoms with Gasteiger partial charge < -0.3 is 14.6 Å². The van der Waals surface area contributed by atoms with Crippen molar-refractivity contribution in [1.29, 1.82) is 0 Å². The number of thiazole rings is 1. The van der Waals surface area contributed by atoms with Crippen molar-refractivity contribution in [2.24, 2.45) is 0 Å². The maximum absolute atomic E-state index is 11.1. The number of ether oxygens (including phenoxy) is 2. The van der Waals surface area contributed by atoms with Gasteiger partial charge >= 0.3 is 5.97 Å². The van der Waals surface area contributed by atoms with Gasteiger partial charge in [-0.1, -0.05) is 6.92 Å². The van der Waals surface area contributed by atoms with Gasteiger partial charge in [0.1, 0.15) is 9.88 Å². The summed E-state index contributed by atoms with van der Waals surface area (Å²) in [5, 5.41) is 9.83. The lowest BCUT2D eigenvalue weighted by Gasteiger charge is -1.98. The van der Waals surface area contributed by atoms with Crippen LogP contribution in [0.4, 0.5) is 0 Å². The molecule has 1 N–H and O–H groups in total. The zero-order valence-corrected chi connectivity index (χ0v) is 11.0. The average molecular weight is 277 g/mol. The number of fused-ring (bicyclic) bond motifs is 1. The van der Waals surface area contributed by atoms with Crippen molar-refractivity contribution < 1.29 is 19.4 Å². The first-order valence-corrected chi connectivity index (χ1v) is 6.63. The number of aromatic carboxylic acids is 1. The van der Waals surface area contributed by atoms with Gasteiger partial charge in [-0.3, -0.25) is 0 Å². The summed E-state index contributed by atoms with van der Waals surface area (Å²) in [6.45, 7) is 2.11. The number of aromatic nitrogens is 1. The van der Waals surface area contributed by atoms with Gasteiger partial charge in [-0.2, -0.15) is 0 Å². The predicted octanol–water partition coefficient (Wildman–Crippen LogP) is 2.80. The number of benzene rings is 1. The molecule has 0 radical (unpaired) electrons. The van der Waals surface area contributed by atoms with E-state index in [1.54, 1.807) is 0 Å². The number of hydrogen-bond acceptors (Lipinski definition) is 5. The van der Waals surface area contributed by atoms with Crippen LogP contribution < -0.4 is 9.47 Å². The van der Waals surface area contributed by atoms with Crippen molar-refractivity contribution in [3.8, 4) is 22.1 Å². The normalized spacial score (nSPS) is 12.7. The Balaban J connectivity index is 2.04. The molecule has 3 rings (SSSR count). The second-order valence-corrected chi connectivity index (χ2v) is 5.02. The zero-order valence-electron chi connectivity index (χ0n) is 10.2. The molecule has 0 bridgehead atoms. The summed E-state index contributed by atoms with van der Waals surface area (Å²) >= 11 is 1.18. The van der Waals surface area contributed by atoms with E-state index in [2.05, 4.69) is 4.98 Å². The van der Waals surface area contributed by atoms with Crippen molar-refractivity contribution in [2.75, 3.05) is 6.79 Å². The van der Waals surface area contributed by atoms with Crippen molar-refractivity contribution in [2.45, 2.75) is 13.3 Å². The van der Waals surface area contributed by atoms with Crippen LogP contribution in [0.2, 0.25) is 0 Å². The van der Waals surface area contributed by atoms with Crippen LogP contribution in [-0.2, 0) is 6.42 Å². The molecule has 6 heteroatoms. The van der Waals surface area contributed by atoms with E-state index in [1.807, 2.05) is 25.1 Å². The molecule has 0 aliphatic carbocycles. The van der Waals surface area contributed by atoms with Crippen LogP contribution in [0.5, 0.6) is 11.5 Å². The Morgan fingerprint density at radius 2 is 2.21 bits per heavy atom. The summed E-state index contributed by atoms with van der Waals surface area (Å²) in [5.41, 5.74) is 1.46. The quantitative estimate of drug-likeness (QED) is 0.934. The third-order valence-electron chi connectivity index (χ3n) is 2.85. The number of carboxylic acid groups (broad SMARTS) is 1. The van der Waals surface area contributed by atoms with Gasteiger partial charge in [0.25, 0.3) is 0 Å². The fraction of sp³-hybridized carbons (Fsp3) is 0.231. The molecule has 5 nitrogen and oxygen atoms in total. The summed E-state index contributed by atoms with van der Waals surface area (Å²) in [6.07, 6.45) is 0.600. The standard InChI is InChI=1S/C13H11NO4S/c1-2-8-11(13(15)16)19-12(14-8)7-3-4-9-10(5-7)18-6-17-9/h3-5H,2,6H2,1H3,(H,15,16). The van der Waals surface area contributed by atoms with Crippen LogP contribution in [0, 0.1) is 0 Å². The van der Waals surface area contributed by atoms with Crippen molar-refractivity contribution in [1.82, 2.24) is 4.98 Å². The smallest absolute Gasteiger partial charge is 0.347 e. The molecule has 98 valence electrons. The maximum Gasteiger partial charge on any atom is 0.347 e. The van der Waals surface area contributed by atoms with Crippen LogP contribution in [0.1, 0.15) is 22.3 Å². The second-order valence-electron chi connectivity index (χ2n) is 4.02. The molecular formula is C13H11NO4S. The van der Waals surface area contributed by atoms with E-state index in [4.69, 9.17) is 14.6 Å². The molecule has 1 aliphatic rings. The fourth-order valence-electron chi connectivity index (χ4n) is 1.91. The van der Waals surface area contributed by atoms with E-state index in [1.165, 1.54) is 11.3 Å². The molecular weight excluding hydrogens is 266 g/mol. The maximum atomic E-state index is 11.1. The molecule has 1 aliphatic heterocycles. The van der Waals surface area contributed by atoms with Crippen molar-refractivity contribution >= 4 is 17.3 Å². The Morgan fingerprint density at radius 3 is 2.89 bits per heavy atom. The van der Waals surface area contributed by atoms with Crippen LogP contribution in [-0.4, -0.2) is 22.9 Å². The second kappa shape index (κ2) is 4.55. The lowest BCUT2D eigenvalue weighted by molar-refractivity contribution is 0.0701. The first-order chi connectivity index (χ1) is 9.19. The lowest BCUT2D eigenvalue weighted by atomic mass is 10.2. The zero-order chi connectivity index (χ0) is 13.4.